The van der Waals surface area contributed by atoms with Gasteiger partial charge in [0.1, 0.15) is 11.6 Å². The van der Waals surface area contributed by atoms with Crippen LogP contribution in [0.3, 0.4) is 0 Å². The molecule has 3 N–H and O–H groups in total. The van der Waals surface area contributed by atoms with E-state index in [1.807, 2.05) is 24.4 Å². The average molecular weight is 383 g/mol. The molecule has 3 rings (SSSR count). The number of carbonyl (C=O) groups is 1. The first-order valence-electron chi connectivity index (χ1n) is 7.43. The zero-order chi connectivity index (χ0) is 18.7. The fourth-order valence-corrected chi connectivity index (χ4v) is 3.70. The normalized spacial score (nSPS) is 11.2. The van der Waals surface area contributed by atoms with E-state index in [1.54, 1.807) is 17.5 Å². The first-order valence-corrected chi connectivity index (χ1v) is 9.19. The molecule has 2 heterocycles. The lowest BCUT2D eigenvalue weighted by Gasteiger charge is -2.01. The third-order valence-corrected chi connectivity index (χ3v) is 5.26. The number of aryl methyl sites for hydroxylation is 1. The zero-order valence-electron chi connectivity index (χ0n) is 13.6. The summed E-state index contributed by atoms with van der Waals surface area (Å²) in [5.41, 5.74) is 2.13. The number of hydrogen-bond donors (Lipinski definition) is 3. The third kappa shape index (κ3) is 3.74. The van der Waals surface area contributed by atoms with Crippen LogP contribution in [0.25, 0.3) is 17.3 Å². The van der Waals surface area contributed by atoms with Crippen LogP contribution in [0, 0.1) is 18.3 Å². The molecule has 0 radical (unpaired) electrons. The molecule has 130 valence electrons. The molecule has 0 bridgehead atoms. The van der Waals surface area contributed by atoms with Gasteiger partial charge >= 0.3 is 0 Å². The highest BCUT2D eigenvalue weighted by atomic mass is 32.1. The lowest BCUT2D eigenvalue weighted by atomic mass is 10.1. The number of aromatic hydroxyl groups is 2. The molecule has 6 nitrogen and oxygen atoms in total. The van der Waals surface area contributed by atoms with E-state index in [9.17, 15) is 20.3 Å². The molecule has 0 aliphatic heterocycles. The van der Waals surface area contributed by atoms with E-state index in [2.05, 4.69) is 10.3 Å². The van der Waals surface area contributed by atoms with Crippen molar-refractivity contribution in [2.24, 2.45) is 0 Å². The van der Waals surface area contributed by atoms with Gasteiger partial charge in [-0.1, -0.05) is 0 Å². The standard InChI is InChI=1S/C18H13N3O3S2/c1-10-4-5-25-16(10)7-12(8-19)17(24)21-18-20-13(9-26-18)11-2-3-14(22)15(23)6-11/h2-7,9,22-23H,1H3,(H,20,21,24)/b12-7+. The van der Waals surface area contributed by atoms with Crippen molar-refractivity contribution in [3.63, 3.8) is 0 Å². The molecule has 0 atom stereocenters. The number of thiophene rings is 1. The van der Waals surface area contributed by atoms with Crippen LogP contribution in [-0.4, -0.2) is 21.1 Å². The molecule has 8 heteroatoms. The highest BCUT2D eigenvalue weighted by molar-refractivity contribution is 7.14. The number of hydrogen-bond acceptors (Lipinski definition) is 7. The van der Waals surface area contributed by atoms with Crippen molar-refractivity contribution in [1.29, 1.82) is 5.26 Å². The number of phenols is 2. The number of thiazole rings is 1. The Bertz CT molecular complexity index is 1040. The minimum absolute atomic E-state index is 0.00502. The molecule has 26 heavy (non-hydrogen) atoms. The van der Waals surface area contributed by atoms with Gasteiger partial charge in [0.2, 0.25) is 0 Å². The number of amides is 1. The molecule has 0 aliphatic rings. The van der Waals surface area contributed by atoms with Crippen LogP contribution in [0.15, 0.2) is 40.6 Å². The quantitative estimate of drug-likeness (QED) is 0.357. The van der Waals surface area contributed by atoms with Gasteiger partial charge in [-0.3, -0.25) is 10.1 Å². The molecular weight excluding hydrogens is 370 g/mol. The van der Waals surface area contributed by atoms with Crippen LogP contribution in [0.1, 0.15) is 10.4 Å². The summed E-state index contributed by atoms with van der Waals surface area (Å²) in [6, 6.07) is 8.19. The smallest absolute Gasteiger partial charge is 0.268 e. The van der Waals surface area contributed by atoms with E-state index in [-0.39, 0.29) is 17.1 Å². The van der Waals surface area contributed by atoms with E-state index >= 15 is 0 Å². The van der Waals surface area contributed by atoms with Crippen molar-refractivity contribution in [3.8, 4) is 28.8 Å². The second-order valence-electron chi connectivity index (χ2n) is 5.33. The van der Waals surface area contributed by atoms with Crippen LogP contribution in [-0.2, 0) is 4.79 Å². The Labute approximate surface area is 157 Å². The highest BCUT2D eigenvalue weighted by Crippen LogP contribution is 2.32. The summed E-state index contributed by atoms with van der Waals surface area (Å²) in [4.78, 5) is 17.5. The maximum absolute atomic E-state index is 12.3. The topological polar surface area (TPSA) is 106 Å². The number of aromatic nitrogens is 1. The number of nitrogens with zero attached hydrogens (tertiary/aromatic N) is 2. The summed E-state index contributed by atoms with van der Waals surface area (Å²) in [6.45, 7) is 1.91. The van der Waals surface area contributed by atoms with Crippen molar-refractivity contribution in [2.45, 2.75) is 6.92 Å². The summed E-state index contributed by atoms with van der Waals surface area (Å²) >= 11 is 2.66. The van der Waals surface area contributed by atoms with Crippen LogP contribution in [0.5, 0.6) is 11.5 Å². The minimum atomic E-state index is -0.533. The van der Waals surface area contributed by atoms with Gasteiger partial charge in [-0.2, -0.15) is 5.26 Å². The van der Waals surface area contributed by atoms with E-state index in [0.717, 1.165) is 10.4 Å². The summed E-state index contributed by atoms with van der Waals surface area (Å²) < 4.78 is 0. The van der Waals surface area contributed by atoms with Gasteiger partial charge in [0.15, 0.2) is 16.6 Å². The number of rotatable bonds is 4. The van der Waals surface area contributed by atoms with Crippen molar-refractivity contribution in [2.75, 3.05) is 5.32 Å². The van der Waals surface area contributed by atoms with Crippen LogP contribution < -0.4 is 5.32 Å². The molecule has 0 saturated carbocycles. The predicted molar refractivity (Wildman–Crippen MR) is 102 cm³/mol. The number of anilines is 1. The maximum Gasteiger partial charge on any atom is 0.268 e. The summed E-state index contributed by atoms with van der Waals surface area (Å²) in [5, 5.41) is 34.8. The van der Waals surface area contributed by atoms with Crippen molar-refractivity contribution < 1.29 is 15.0 Å². The Morgan fingerprint density at radius 2 is 2.08 bits per heavy atom. The van der Waals surface area contributed by atoms with Gasteiger partial charge in [0, 0.05) is 15.8 Å². The Kier molecular flexibility index (Phi) is 5.02. The molecule has 0 saturated heterocycles. The first-order chi connectivity index (χ1) is 12.5. The molecule has 0 aliphatic carbocycles. The van der Waals surface area contributed by atoms with Crippen molar-refractivity contribution >= 4 is 39.8 Å². The molecule has 0 spiro atoms. The Morgan fingerprint density at radius 1 is 1.27 bits per heavy atom. The molecule has 1 aromatic carbocycles. The third-order valence-electron chi connectivity index (χ3n) is 3.54. The molecular formula is C18H13N3O3S2. The van der Waals surface area contributed by atoms with Gasteiger partial charge in [-0.15, -0.1) is 22.7 Å². The number of carbonyl (C=O) groups excluding carboxylic acids is 1. The number of nitrogens with one attached hydrogen (secondary N) is 1. The summed E-state index contributed by atoms with van der Waals surface area (Å²) in [5.74, 6) is -0.998. The van der Waals surface area contributed by atoms with Gasteiger partial charge in [0.05, 0.1) is 5.69 Å². The average Bonchev–Trinajstić information content (AvgIpc) is 3.24. The van der Waals surface area contributed by atoms with E-state index in [4.69, 9.17) is 0 Å². The molecule has 0 unspecified atom stereocenters. The Hall–Kier alpha value is -3.15. The Morgan fingerprint density at radius 3 is 2.73 bits per heavy atom. The van der Waals surface area contributed by atoms with Crippen molar-refractivity contribution in [3.05, 3.63) is 51.0 Å². The molecule has 3 aromatic rings. The van der Waals surface area contributed by atoms with E-state index in [0.29, 0.717) is 16.4 Å². The monoisotopic (exact) mass is 383 g/mol. The van der Waals surface area contributed by atoms with Gasteiger partial charge < -0.3 is 10.2 Å². The predicted octanol–water partition coefficient (Wildman–Crippen LogP) is 4.14. The fraction of sp³-hybridized carbons (Fsp3) is 0.0556. The zero-order valence-corrected chi connectivity index (χ0v) is 15.2. The van der Waals surface area contributed by atoms with Gasteiger partial charge in [-0.05, 0) is 48.2 Å². The number of benzene rings is 1. The fourth-order valence-electron chi connectivity index (χ4n) is 2.12. The largest absolute Gasteiger partial charge is 0.504 e. The second-order valence-corrected chi connectivity index (χ2v) is 7.14. The number of phenolic OH excluding ortho intramolecular Hbond substituents is 2. The summed E-state index contributed by atoms with van der Waals surface area (Å²) in [6.07, 6.45) is 1.56. The maximum atomic E-state index is 12.3. The van der Waals surface area contributed by atoms with Gasteiger partial charge in [-0.25, -0.2) is 4.98 Å². The summed E-state index contributed by atoms with van der Waals surface area (Å²) in [7, 11) is 0. The Balaban J connectivity index is 1.79. The lowest BCUT2D eigenvalue weighted by molar-refractivity contribution is -0.112. The molecule has 2 aromatic heterocycles. The second kappa shape index (κ2) is 7.39. The highest BCUT2D eigenvalue weighted by Gasteiger charge is 2.14. The molecule has 0 fully saturated rings. The number of nitriles is 1. The first kappa shape index (κ1) is 17.7. The van der Waals surface area contributed by atoms with Crippen LogP contribution in [0.4, 0.5) is 5.13 Å². The van der Waals surface area contributed by atoms with Crippen molar-refractivity contribution in [1.82, 2.24) is 4.98 Å². The van der Waals surface area contributed by atoms with E-state index in [1.165, 1.54) is 34.8 Å². The minimum Gasteiger partial charge on any atom is -0.504 e. The van der Waals surface area contributed by atoms with Crippen LogP contribution >= 0.6 is 22.7 Å². The van der Waals surface area contributed by atoms with Gasteiger partial charge in [0.25, 0.3) is 5.91 Å². The molecule has 1 amide bonds. The van der Waals surface area contributed by atoms with Crippen LogP contribution in [0.2, 0.25) is 0 Å². The SMILES string of the molecule is Cc1ccsc1/C=C(\C#N)C(=O)Nc1nc(-c2ccc(O)c(O)c2)cs1. The van der Waals surface area contributed by atoms with E-state index < -0.39 is 5.91 Å². The lowest BCUT2D eigenvalue weighted by Crippen LogP contribution is -2.13.